The molecule has 7 heteroatoms. The van der Waals surface area contributed by atoms with E-state index in [0.29, 0.717) is 33.8 Å². The van der Waals surface area contributed by atoms with Gasteiger partial charge in [-0.1, -0.05) is 30.7 Å². The lowest BCUT2D eigenvalue weighted by Gasteiger charge is -2.18. The molecule has 1 heterocycles. The predicted octanol–water partition coefficient (Wildman–Crippen LogP) is 4.75. The van der Waals surface area contributed by atoms with Crippen LogP contribution in [-0.2, 0) is 22.4 Å². The molecule has 1 aromatic carbocycles. The minimum Gasteiger partial charge on any atom is -0.462 e. The van der Waals surface area contributed by atoms with E-state index in [4.69, 9.17) is 16.3 Å². The summed E-state index contributed by atoms with van der Waals surface area (Å²) in [6.45, 7) is 4.36. The number of carbonyl (C=O) groups is 2. The third-order valence-corrected chi connectivity index (χ3v) is 6.06. The molecule has 0 saturated heterocycles. The fraction of sp³-hybridized carbons (Fsp3) is 0.400. The number of halogens is 1. The van der Waals surface area contributed by atoms with Crippen LogP contribution in [0.25, 0.3) is 0 Å². The lowest BCUT2D eigenvalue weighted by atomic mass is 9.88. The zero-order valence-electron chi connectivity index (χ0n) is 15.4. The van der Waals surface area contributed by atoms with E-state index in [2.05, 4.69) is 17.6 Å². The molecule has 1 amide bonds. The Kier molecular flexibility index (Phi) is 6.39. The smallest absolute Gasteiger partial charge is 0.341 e. The maximum absolute atomic E-state index is 12.5. The van der Waals surface area contributed by atoms with E-state index < -0.39 is 0 Å². The Balaban J connectivity index is 1.76. The summed E-state index contributed by atoms with van der Waals surface area (Å²) in [6.07, 6.45) is 2.81. The molecular weight excluding hydrogens is 384 g/mol. The molecule has 0 unspecified atom stereocenters. The summed E-state index contributed by atoms with van der Waals surface area (Å²) in [6, 6.07) is 7.25. The lowest BCUT2D eigenvalue weighted by Crippen LogP contribution is -2.23. The van der Waals surface area contributed by atoms with Crippen molar-refractivity contribution in [1.29, 1.82) is 0 Å². The zero-order chi connectivity index (χ0) is 19.4. The van der Waals surface area contributed by atoms with Gasteiger partial charge in [0.2, 0.25) is 5.91 Å². The SMILES string of the molecule is CCOC(=O)c1c(NC(=O)CNc2ccccc2Cl)sc2c1CC[C@@H](C)C2. The van der Waals surface area contributed by atoms with Crippen LogP contribution in [0.1, 0.15) is 41.1 Å². The van der Waals surface area contributed by atoms with Gasteiger partial charge in [-0.3, -0.25) is 4.79 Å². The molecule has 0 radical (unpaired) electrons. The first-order valence-corrected chi connectivity index (χ1v) is 10.3. The summed E-state index contributed by atoms with van der Waals surface area (Å²) in [7, 11) is 0. The van der Waals surface area contributed by atoms with E-state index in [9.17, 15) is 9.59 Å². The molecule has 0 spiro atoms. The third-order valence-electron chi connectivity index (χ3n) is 4.56. The summed E-state index contributed by atoms with van der Waals surface area (Å²) >= 11 is 7.58. The monoisotopic (exact) mass is 406 g/mol. The lowest BCUT2D eigenvalue weighted by molar-refractivity contribution is -0.114. The number of carbonyl (C=O) groups excluding carboxylic acids is 2. The Morgan fingerprint density at radius 1 is 1.33 bits per heavy atom. The molecule has 0 fully saturated rings. The second kappa shape index (κ2) is 8.76. The largest absolute Gasteiger partial charge is 0.462 e. The van der Waals surface area contributed by atoms with Crippen molar-refractivity contribution in [3.63, 3.8) is 0 Å². The van der Waals surface area contributed by atoms with Gasteiger partial charge in [0, 0.05) is 4.88 Å². The van der Waals surface area contributed by atoms with Crippen LogP contribution < -0.4 is 10.6 Å². The molecule has 3 rings (SSSR count). The number of para-hydroxylation sites is 1. The highest BCUT2D eigenvalue weighted by Gasteiger charge is 2.29. The molecule has 5 nitrogen and oxygen atoms in total. The molecule has 144 valence electrons. The van der Waals surface area contributed by atoms with Gasteiger partial charge in [0.15, 0.2) is 0 Å². The van der Waals surface area contributed by atoms with Gasteiger partial charge in [-0.15, -0.1) is 11.3 Å². The fourth-order valence-corrected chi connectivity index (χ4v) is 4.83. The number of hydrogen-bond acceptors (Lipinski definition) is 5. The molecule has 0 saturated carbocycles. The molecule has 0 aliphatic heterocycles. The number of thiophene rings is 1. The van der Waals surface area contributed by atoms with Gasteiger partial charge < -0.3 is 15.4 Å². The number of hydrogen-bond donors (Lipinski definition) is 2. The Morgan fingerprint density at radius 3 is 2.85 bits per heavy atom. The van der Waals surface area contributed by atoms with Crippen molar-refractivity contribution in [2.45, 2.75) is 33.1 Å². The predicted molar refractivity (Wildman–Crippen MR) is 110 cm³/mol. The molecule has 1 aromatic heterocycles. The minimum absolute atomic E-state index is 0.0605. The fourth-order valence-electron chi connectivity index (χ4n) is 3.21. The van der Waals surface area contributed by atoms with Crippen molar-refractivity contribution in [3.05, 3.63) is 45.3 Å². The van der Waals surface area contributed by atoms with Crippen molar-refractivity contribution >= 4 is 45.5 Å². The van der Waals surface area contributed by atoms with Gasteiger partial charge in [0.05, 0.1) is 29.4 Å². The van der Waals surface area contributed by atoms with Crippen molar-refractivity contribution in [2.75, 3.05) is 23.8 Å². The average Bonchev–Trinajstić information content (AvgIpc) is 2.98. The van der Waals surface area contributed by atoms with E-state index in [1.165, 1.54) is 16.2 Å². The number of ether oxygens (including phenoxy) is 1. The maximum atomic E-state index is 12.5. The highest BCUT2D eigenvalue weighted by atomic mass is 35.5. The molecular formula is C20H23ClN2O3S. The molecule has 1 aliphatic carbocycles. The third kappa shape index (κ3) is 4.62. The second-order valence-corrected chi connectivity index (χ2v) is 8.17. The molecule has 1 aliphatic rings. The van der Waals surface area contributed by atoms with Crippen LogP contribution in [0.15, 0.2) is 24.3 Å². The summed E-state index contributed by atoms with van der Waals surface area (Å²) in [4.78, 5) is 26.1. The summed E-state index contributed by atoms with van der Waals surface area (Å²) in [5.41, 5.74) is 2.25. The van der Waals surface area contributed by atoms with Crippen molar-refractivity contribution < 1.29 is 14.3 Å². The summed E-state index contributed by atoms with van der Waals surface area (Å²) < 4.78 is 5.23. The van der Waals surface area contributed by atoms with E-state index in [1.807, 2.05) is 18.2 Å². The number of rotatable bonds is 6. The molecule has 27 heavy (non-hydrogen) atoms. The number of fused-ring (bicyclic) bond motifs is 1. The van der Waals surface area contributed by atoms with Gasteiger partial charge in [-0.2, -0.15) is 0 Å². The van der Waals surface area contributed by atoms with Crippen LogP contribution in [-0.4, -0.2) is 25.0 Å². The zero-order valence-corrected chi connectivity index (χ0v) is 17.0. The van der Waals surface area contributed by atoms with Gasteiger partial charge in [-0.25, -0.2) is 4.79 Å². The minimum atomic E-state index is -0.362. The number of anilines is 2. The highest BCUT2D eigenvalue weighted by Crippen LogP contribution is 2.40. The van der Waals surface area contributed by atoms with Crippen molar-refractivity contribution in [3.8, 4) is 0 Å². The van der Waals surface area contributed by atoms with Gasteiger partial charge in [-0.05, 0) is 49.8 Å². The van der Waals surface area contributed by atoms with Crippen LogP contribution in [0.2, 0.25) is 5.02 Å². The molecule has 1 atom stereocenters. The number of esters is 1. The summed E-state index contributed by atoms with van der Waals surface area (Å²) in [5, 5.41) is 7.04. The first-order chi connectivity index (χ1) is 13.0. The van der Waals surface area contributed by atoms with Gasteiger partial charge >= 0.3 is 5.97 Å². The maximum Gasteiger partial charge on any atom is 0.341 e. The second-order valence-electron chi connectivity index (χ2n) is 6.66. The quantitative estimate of drug-likeness (QED) is 0.679. The highest BCUT2D eigenvalue weighted by molar-refractivity contribution is 7.17. The molecule has 2 aromatic rings. The van der Waals surface area contributed by atoms with Crippen LogP contribution in [0.5, 0.6) is 0 Å². The van der Waals surface area contributed by atoms with E-state index >= 15 is 0 Å². The van der Waals surface area contributed by atoms with Crippen LogP contribution >= 0.6 is 22.9 Å². The van der Waals surface area contributed by atoms with Crippen LogP contribution in [0.3, 0.4) is 0 Å². The van der Waals surface area contributed by atoms with Crippen LogP contribution in [0.4, 0.5) is 10.7 Å². The van der Waals surface area contributed by atoms with Gasteiger partial charge in [0.25, 0.3) is 0 Å². The number of nitrogens with one attached hydrogen (secondary N) is 2. The Bertz CT molecular complexity index is 850. The van der Waals surface area contributed by atoms with E-state index in [0.717, 1.165) is 24.8 Å². The van der Waals surface area contributed by atoms with Crippen LogP contribution in [0, 0.1) is 5.92 Å². The molecule has 0 bridgehead atoms. The van der Waals surface area contributed by atoms with E-state index in [-0.39, 0.29) is 18.4 Å². The van der Waals surface area contributed by atoms with Gasteiger partial charge in [0.1, 0.15) is 5.00 Å². The van der Waals surface area contributed by atoms with Crippen molar-refractivity contribution in [1.82, 2.24) is 0 Å². The number of benzene rings is 1. The average molecular weight is 407 g/mol. The summed E-state index contributed by atoms with van der Waals surface area (Å²) in [5.74, 6) is -0.0114. The van der Waals surface area contributed by atoms with E-state index in [1.54, 1.807) is 13.0 Å². The number of amides is 1. The molecule has 2 N–H and O–H groups in total. The topological polar surface area (TPSA) is 67.4 Å². The standard InChI is InChI=1S/C20H23ClN2O3S/c1-3-26-20(25)18-13-9-8-12(2)10-16(13)27-19(18)23-17(24)11-22-15-7-5-4-6-14(15)21/h4-7,12,22H,3,8-11H2,1-2H3,(H,23,24)/t12-/m1/s1. The Hall–Kier alpha value is -2.05. The Morgan fingerprint density at radius 2 is 2.11 bits per heavy atom. The Labute approximate surface area is 168 Å². The first-order valence-electron chi connectivity index (χ1n) is 9.09. The normalized spacial score (nSPS) is 15.7. The van der Waals surface area contributed by atoms with Crippen molar-refractivity contribution in [2.24, 2.45) is 5.92 Å². The first kappa shape index (κ1) is 19.7.